The van der Waals surface area contributed by atoms with Gasteiger partial charge in [-0.1, -0.05) is 26.9 Å². The maximum absolute atomic E-state index is 5.08. The molecule has 0 nitrogen and oxygen atoms in total. The van der Waals surface area contributed by atoms with Crippen LogP contribution in [-0.2, 0) is 17.8 Å². The van der Waals surface area contributed by atoms with Crippen molar-refractivity contribution in [2.45, 2.75) is 31.9 Å². The fraction of sp³-hybridized carbons (Fsp3) is 1.00. The van der Waals surface area contributed by atoms with E-state index in [0.717, 1.165) is 5.25 Å². The molecule has 8 heavy (non-hydrogen) atoms. The number of rotatable bonds is 3. The molecule has 0 aromatic rings. The van der Waals surface area contributed by atoms with Crippen LogP contribution < -0.4 is 0 Å². The summed E-state index contributed by atoms with van der Waals surface area (Å²) < 4.78 is 0. The molecule has 0 fully saturated rings. The molecule has 0 aromatic carbocycles. The quantitative estimate of drug-likeness (QED) is 0.556. The molecule has 0 aromatic heterocycles. The van der Waals surface area contributed by atoms with Crippen LogP contribution in [0.2, 0.25) is 0 Å². The van der Waals surface area contributed by atoms with Gasteiger partial charge in [0.1, 0.15) is 0 Å². The Hall–Kier alpha value is 1.30. The topological polar surface area (TPSA) is 0 Å². The Bertz CT molecular complexity index is 82.5. The van der Waals surface area contributed by atoms with Crippen molar-refractivity contribution in [3.05, 3.63) is 0 Å². The summed E-state index contributed by atoms with van der Waals surface area (Å²) in [6, 6.07) is 0. The van der Waals surface area contributed by atoms with Crippen molar-refractivity contribution >= 4 is 39.0 Å². The first kappa shape index (κ1) is 9.30. The van der Waals surface area contributed by atoms with Crippen LogP contribution in [0.15, 0.2) is 0 Å². The summed E-state index contributed by atoms with van der Waals surface area (Å²) in [6.45, 7) is 4.63. The minimum Gasteiger partial charge on any atom is -0.0653 e. The molecule has 0 N–H and O–H groups in total. The zero-order valence-electron chi connectivity index (χ0n) is 5.19. The average Bonchev–Trinajstić information content (AvgIpc) is 1.67. The van der Waals surface area contributed by atoms with Crippen LogP contribution in [0, 0.1) is 0 Å². The normalized spacial score (nSPS) is 17.9. The molecule has 0 heterocycles. The SMILES string of the molecule is CCCC(C)S(=S)I. The third-order valence-corrected chi connectivity index (χ3v) is 5.47. The van der Waals surface area contributed by atoms with E-state index in [-0.39, 0.29) is 6.63 Å². The van der Waals surface area contributed by atoms with E-state index in [0.29, 0.717) is 0 Å². The molecule has 0 aliphatic heterocycles. The molecule has 0 radical (unpaired) electrons. The highest BCUT2D eigenvalue weighted by atomic mass is 127. The zero-order chi connectivity index (χ0) is 6.57. The van der Waals surface area contributed by atoms with E-state index < -0.39 is 0 Å². The van der Waals surface area contributed by atoms with E-state index in [1.54, 1.807) is 0 Å². The van der Waals surface area contributed by atoms with Gasteiger partial charge in [-0.05, 0) is 17.6 Å². The highest BCUT2D eigenvalue weighted by molar-refractivity contribution is 14.2. The first-order valence-corrected chi connectivity index (χ1v) is 7.51. The van der Waals surface area contributed by atoms with Crippen molar-refractivity contribution in [3.8, 4) is 0 Å². The Morgan fingerprint density at radius 1 is 1.75 bits per heavy atom. The summed E-state index contributed by atoms with van der Waals surface area (Å²) in [5.41, 5.74) is 0. The molecule has 50 valence electrons. The van der Waals surface area contributed by atoms with Gasteiger partial charge in [0, 0.05) is 26.5 Å². The Morgan fingerprint density at radius 2 is 2.25 bits per heavy atom. The van der Waals surface area contributed by atoms with Gasteiger partial charge in [-0.3, -0.25) is 0 Å². The zero-order valence-corrected chi connectivity index (χ0v) is 8.98. The summed E-state index contributed by atoms with van der Waals surface area (Å²) in [5, 5.41) is 0.746. The maximum atomic E-state index is 5.08. The Kier molecular flexibility index (Phi) is 5.94. The molecular weight excluding hydrogens is 251 g/mol. The highest BCUT2D eigenvalue weighted by Crippen LogP contribution is 2.09. The smallest absolute Gasteiger partial charge is 0.0160 e. The summed E-state index contributed by atoms with van der Waals surface area (Å²) in [5.74, 6) is 0. The average molecular weight is 262 g/mol. The van der Waals surface area contributed by atoms with Crippen LogP contribution in [-0.4, -0.2) is 5.25 Å². The van der Waals surface area contributed by atoms with Gasteiger partial charge in [0.2, 0.25) is 0 Å². The van der Waals surface area contributed by atoms with Gasteiger partial charge >= 0.3 is 0 Å². The summed E-state index contributed by atoms with van der Waals surface area (Å²) in [7, 11) is 0. The van der Waals surface area contributed by atoms with Crippen molar-refractivity contribution in [3.63, 3.8) is 0 Å². The molecule has 0 saturated carbocycles. The van der Waals surface area contributed by atoms with Gasteiger partial charge in [0.05, 0.1) is 0 Å². The predicted octanol–water partition coefficient (Wildman–Crippen LogP) is 2.61. The second kappa shape index (κ2) is 5.11. The van der Waals surface area contributed by atoms with E-state index in [1.807, 2.05) is 0 Å². The van der Waals surface area contributed by atoms with Crippen molar-refractivity contribution in [2.24, 2.45) is 0 Å². The van der Waals surface area contributed by atoms with Crippen LogP contribution >= 0.6 is 21.2 Å². The number of hydrogen-bond donors (Lipinski definition) is 0. The molecule has 0 aliphatic carbocycles. The molecule has 0 amide bonds. The van der Waals surface area contributed by atoms with Crippen molar-refractivity contribution in [1.29, 1.82) is 0 Å². The molecule has 0 bridgehead atoms. The number of hydrogen-bond acceptors (Lipinski definition) is 1. The van der Waals surface area contributed by atoms with E-state index in [9.17, 15) is 0 Å². The van der Waals surface area contributed by atoms with Crippen molar-refractivity contribution in [2.75, 3.05) is 0 Å². The van der Waals surface area contributed by atoms with Gasteiger partial charge in [-0.25, -0.2) is 0 Å². The van der Waals surface area contributed by atoms with E-state index in [1.165, 1.54) is 12.8 Å². The van der Waals surface area contributed by atoms with Crippen LogP contribution in [0.3, 0.4) is 0 Å². The van der Waals surface area contributed by atoms with Crippen molar-refractivity contribution in [1.82, 2.24) is 0 Å². The third-order valence-electron chi connectivity index (χ3n) is 1.01. The van der Waals surface area contributed by atoms with Gasteiger partial charge in [0.15, 0.2) is 0 Å². The summed E-state index contributed by atoms with van der Waals surface area (Å²) in [6.07, 6.45) is 2.56. The van der Waals surface area contributed by atoms with Crippen LogP contribution in [0.4, 0.5) is 0 Å². The van der Waals surface area contributed by atoms with Crippen LogP contribution in [0.25, 0.3) is 0 Å². The first-order chi connectivity index (χ1) is 3.68. The lowest BCUT2D eigenvalue weighted by Crippen LogP contribution is -2.01. The van der Waals surface area contributed by atoms with Gasteiger partial charge in [-0.15, -0.1) is 0 Å². The van der Waals surface area contributed by atoms with E-state index in [2.05, 4.69) is 35.1 Å². The summed E-state index contributed by atoms with van der Waals surface area (Å²) in [4.78, 5) is 0. The van der Waals surface area contributed by atoms with Gasteiger partial charge < -0.3 is 0 Å². The Balaban J connectivity index is 3.32. The minimum atomic E-state index is 0.193. The maximum Gasteiger partial charge on any atom is 0.0160 e. The molecule has 2 atom stereocenters. The van der Waals surface area contributed by atoms with Gasteiger partial charge in [0.25, 0.3) is 0 Å². The lowest BCUT2D eigenvalue weighted by atomic mass is 10.3. The molecule has 3 heteroatoms. The molecule has 0 spiro atoms. The van der Waals surface area contributed by atoms with E-state index >= 15 is 0 Å². The van der Waals surface area contributed by atoms with E-state index in [4.69, 9.17) is 11.2 Å². The number of halogens is 1. The third kappa shape index (κ3) is 4.21. The van der Waals surface area contributed by atoms with Crippen LogP contribution in [0.5, 0.6) is 0 Å². The minimum absolute atomic E-state index is 0.193. The highest BCUT2D eigenvalue weighted by Gasteiger charge is 2.00. The van der Waals surface area contributed by atoms with Gasteiger partial charge in [-0.2, -0.15) is 0 Å². The van der Waals surface area contributed by atoms with Crippen LogP contribution in [0.1, 0.15) is 26.7 Å². The lowest BCUT2D eigenvalue weighted by Gasteiger charge is -2.04. The fourth-order valence-electron chi connectivity index (χ4n) is 0.499. The fourth-order valence-corrected chi connectivity index (χ4v) is 1.97. The Labute approximate surface area is 70.6 Å². The predicted molar refractivity (Wildman–Crippen MR) is 53.1 cm³/mol. The molecule has 0 aliphatic rings. The standard InChI is InChI=1S/C5H11IS2/c1-3-4-5(2)8(6)7/h5H,3-4H2,1-2H3. The van der Waals surface area contributed by atoms with Crippen molar-refractivity contribution < 1.29 is 0 Å². The Morgan fingerprint density at radius 3 is 2.38 bits per heavy atom. The molecular formula is C5H11IS2. The second-order valence-corrected chi connectivity index (χ2v) is 8.87. The molecule has 0 rings (SSSR count). The molecule has 0 saturated heterocycles. The molecule has 2 unspecified atom stereocenters. The largest absolute Gasteiger partial charge is 0.0653 e. The monoisotopic (exact) mass is 262 g/mol. The second-order valence-electron chi connectivity index (χ2n) is 1.85. The summed E-state index contributed by atoms with van der Waals surface area (Å²) >= 11 is 7.42. The lowest BCUT2D eigenvalue weighted by molar-refractivity contribution is 0.789. The first-order valence-electron chi connectivity index (χ1n) is 2.75.